The number of carboxylic acids is 1. The van der Waals surface area contributed by atoms with E-state index in [0.717, 1.165) is 5.82 Å². The highest BCUT2D eigenvalue weighted by molar-refractivity contribution is 5.72. The van der Waals surface area contributed by atoms with E-state index >= 15 is 0 Å². The van der Waals surface area contributed by atoms with Crippen molar-refractivity contribution in [3.63, 3.8) is 0 Å². The van der Waals surface area contributed by atoms with Crippen LogP contribution in [0.2, 0.25) is 0 Å². The first-order valence-corrected chi connectivity index (χ1v) is 5.78. The second-order valence-corrected chi connectivity index (χ2v) is 4.16. The van der Waals surface area contributed by atoms with E-state index in [4.69, 9.17) is 5.11 Å². The van der Waals surface area contributed by atoms with Gasteiger partial charge in [0.1, 0.15) is 24.5 Å². The van der Waals surface area contributed by atoms with Crippen molar-refractivity contribution < 1.29 is 9.90 Å². The van der Waals surface area contributed by atoms with Gasteiger partial charge in [0.2, 0.25) is 0 Å². The number of nitrogens with one attached hydrogen (secondary N) is 2. The van der Waals surface area contributed by atoms with Crippen LogP contribution >= 0.6 is 0 Å². The molecular formula is C11H16N4O2. The summed E-state index contributed by atoms with van der Waals surface area (Å²) in [6.45, 7) is -0.139. The van der Waals surface area contributed by atoms with E-state index in [1.165, 1.54) is 32.0 Å². The summed E-state index contributed by atoms with van der Waals surface area (Å²) in [4.78, 5) is 18.5. The zero-order valence-electron chi connectivity index (χ0n) is 9.52. The lowest BCUT2D eigenvalue weighted by Crippen LogP contribution is -2.17. The van der Waals surface area contributed by atoms with Crippen molar-refractivity contribution in [3.05, 3.63) is 12.4 Å². The van der Waals surface area contributed by atoms with Crippen LogP contribution in [0.3, 0.4) is 0 Å². The molecule has 1 heterocycles. The van der Waals surface area contributed by atoms with Gasteiger partial charge in [-0.25, -0.2) is 9.97 Å². The number of nitrogens with zero attached hydrogens (tertiary/aromatic N) is 2. The Bertz CT molecular complexity index is 391. The van der Waals surface area contributed by atoms with Crippen LogP contribution in [0.4, 0.5) is 11.6 Å². The van der Waals surface area contributed by atoms with Crippen LogP contribution in [-0.2, 0) is 4.79 Å². The SMILES string of the molecule is O=C(O)CNc1cc(NC2CCCC2)ncn1. The van der Waals surface area contributed by atoms with Crippen LogP contribution in [0.1, 0.15) is 25.7 Å². The Kier molecular flexibility index (Phi) is 3.74. The third-order valence-electron chi connectivity index (χ3n) is 2.79. The van der Waals surface area contributed by atoms with Gasteiger partial charge >= 0.3 is 5.97 Å². The molecule has 0 atom stereocenters. The summed E-state index contributed by atoms with van der Waals surface area (Å²) in [7, 11) is 0. The standard InChI is InChI=1S/C11H16N4O2/c16-11(17)6-12-9-5-10(14-7-13-9)15-8-3-1-2-4-8/h5,7-8H,1-4,6H2,(H,16,17)(H2,12,13,14,15). The summed E-state index contributed by atoms with van der Waals surface area (Å²) in [6.07, 6.45) is 6.28. The summed E-state index contributed by atoms with van der Waals surface area (Å²) < 4.78 is 0. The molecule has 1 fully saturated rings. The summed E-state index contributed by atoms with van der Waals surface area (Å²) >= 11 is 0. The van der Waals surface area contributed by atoms with Gasteiger partial charge in [0.05, 0.1) is 0 Å². The molecule has 1 aliphatic rings. The van der Waals surface area contributed by atoms with Crippen LogP contribution in [-0.4, -0.2) is 33.6 Å². The second-order valence-electron chi connectivity index (χ2n) is 4.16. The smallest absolute Gasteiger partial charge is 0.322 e. The zero-order valence-corrected chi connectivity index (χ0v) is 9.52. The molecule has 0 aromatic carbocycles. The lowest BCUT2D eigenvalue weighted by Gasteiger charge is -2.12. The van der Waals surface area contributed by atoms with Crippen LogP contribution in [0.25, 0.3) is 0 Å². The van der Waals surface area contributed by atoms with Crippen LogP contribution < -0.4 is 10.6 Å². The average Bonchev–Trinajstić information content (AvgIpc) is 2.80. The first kappa shape index (κ1) is 11.6. The van der Waals surface area contributed by atoms with Crippen LogP contribution in [0.5, 0.6) is 0 Å². The third-order valence-corrected chi connectivity index (χ3v) is 2.79. The molecule has 0 aliphatic heterocycles. The van der Waals surface area contributed by atoms with Gasteiger partial charge in [0.15, 0.2) is 0 Å². The van der Waals surface area contributed by atoms with Gasteiger partial charge < -0.3 is 15.7 Å². The minimum atomic E-state index is -0.908. The molecule has 0 amide bonds. The van der Waals surface area contributed by atoms with Gasteiger partial charge in [-0.2, -0.15) is 0 Å². The molecule has 1 saturated carbocycles. The van der Waals surface area contributed by atoms with Crippen molar-refractivity contribution in [2.75, 3.05) is 17.2 Å². The van der Waals surface area contributed by atoms with Gasteiger partial charge in [-0.1, -0.05) is 12.8 Å². The maximum absolute atomic E-state index is 10.4. The van der Waals surface area contributed by atoms with Gasteiger partial charge in [-0.05, 0) is 12.8 Å². The third kappa shape index (κ3) is 3.58. The zero-order chi connectivity index (χ0) is 12.1. The molecule has 1 aromatic rings. The molecule has 0 spiro atoms. The van der Waals surface area contributed by atoms with Gasteiger partial charge in [-0.3, -0.25) is 4.79 Å². The molecule has 17 heavy (non-hydrogen) atoms. The van der Waals surface area contributed by atoms with Gasteiger partial charge in [0.25, 0.3) is 0 Å². The molecule has 6 nitrogen and oxygen atoms in total. The quantitative estimate of drug-likeness (QED) is 0.715. The number of aromatic nitrogens is 2. The second kappa shape index (κ2) is 5.47. The van der Waals surface area contributed by atoms with Crippen molar-refractivity contribution in [2.45, 2.75) is 31.7 Å². The largest absolute Gasteiger partial charge is 0.480 e. The Hall–Kier alpha value is -1.85. The van der Waals surface area contributed by atoms with Gasteiger partial charge in [0, 0.05) is 12.1 Å². The number of rotatable bonds is 5. The summed E-state index contributed by atoms with van der Waals surface area (Å²) in [5.74, 6) is 0.372. The number of hydrogen-bond acceptors (Lipinski definition) is 5. The van der Waals surface area contributed by atoms with E-state index in [1.807, 2.05) is 0 Å². The van der Waals surface area contributed by atoms with Crippen molar-refractivity contribution in [3.8, 4) is 0 Å². The van der Waals surface area contributed by atoms with E-state index in [1.54, 1.807) is 6.07 Å². The van der Waals surface area contributed by atoms with E-state index in [-0.39, 0.29) is 6.54 Å². The number of carbonyl (C=O) groups is 1. The summed E-state index contributed by atoms with van der Waals surface area (Å²) in [5, 5.41) is 14.6. The first-order chi connectivity index (χ1) is 8.24. The molecule has 92 valence electrons. The fourth-order valence-electron chi connectivity index (χ4n) is 1.98. The highest BCUT2D eigenvalue weighted by Gasteiger charge is 2.15. The lowest BCUT2D eigenvalue weighted by molar-refractivity contribution is -0.134. The predicted octanol–water partition coefficient (Wildman–Crippen LogP) is 1.33. The van der Waals surface area contributed by atoms with Crippen molar-refractivity contribution in [1.82, 2.24) is 9.97 Å². The fourth-order valence-corrected chi connectivity index (χ4v) is 1.98. The van der Waals surface area contributed by atoms with Crippen molar-refractivity contribution in [1.29, 1.82) is 0 Å². The molecule has 1 aliphatic carbocycles. The van der Waals surface area contributed by atoms with E-state index in [0.29, 0.717) is 11.9 Å². The Morgan fingerprint density at radius 2 is 2.06 bits per heavy atom. The maximum atomic E-state index is 10.4. The van der Waals surface area contributed by atoms with Crippen molar-refractivity contribution in [2.24, 2.45) is 0 Å². The molecule has 0 radical (unpaired) electrons. The molecule has 6 heteroatoms. The molecule has 0 bridgehead atoms. The highest BCUT2D eigenvalue weighted by Crippen LogP contribution is 2.21. The number of carboxylic acid groups (broad SMARTS) is 1. The normalized spacial score (nSPS) is 15.8. The van der Waals surface area contributed by atoms with E-state index in [2.05, 4.69) is 20.6 Å². The molecule has 0 unspecified atom stereocenters. The van der Waals surface area contributed by atoms with E-state index in [9.17, 15) is 4.79 Å². The topological polar surface area (TPSA) is 87.1 Å². The number of hydrogen-bond donors (Lipinski definition) is 3. The Morgan fingerprint density at radius 3 is 2.76 bits per heavy atom. The van der Waals surface area contributed by atoms with Gasteiger partial charge in [-0.15, -0.1) is 0 Å². The lowest BCUT2D eigenvalue weighted by atomic mass is 10.2. The minimum Gasteiger partial charge on any atom is -0.480 e. The molecule has 2 rings (SSSR count). The van der Waals surface area contributed by atoms with E-state index < -0.39 is 5.97 Å². The number of anilines is 2. The Labute approximate surface area is 99.5 Å². The Morgan fingerprint density at radius 1 is 1.35 bits per heavy atom. The molecule has 3 N–H and O–H groups in total. The summed E-state index contributed by atoms with van der Waals surface area (Å²) in [5.41, 5.74) is 0. The monoisotopic (exact) mass is 236 g/mol. The maximum Gasteiger partial charge on any atom is 0.322 e. The average molecular weight is 236 g/mol. The first-order valence-electron chi connectivity index (χ1n) is 5.78. The van der Waals surface area contributed by atoms with Crippen molar-refractivity contribution >= 4 is 17.6 Å². The molecular weight excluding hydrogens is 220 g/mol. The number of aliphatic carboxylic acids is 1. The highest BCUT2D eigenvalue weighted by atomic mass is 16.4. The minimum absolute atomic E-state index is 0.139. The predicted molar refractivity (Wildman–Crippen MR) is 64.0 cm³/mol. The molecule has 1 aromatic heterocycles. The van der Waals surface area contributed by atoms with Crippen LogP contribution in [0.15, 0.2) is 12.4 Å². The summed E-state index contributed by atoms with van der Waals surface area (Å²) in [6, 6.07) is 2.22. The molecule has 0 saturated heterocycles. The van der Waals surface area contributed by atoms with Crippen LogP contribution in [0, 0.1) is 0 Å². The fraction of sp³-hybridized carbons (Fsp3) is 0.545. The Balaban J connectivity index is 1.93.